The van der Waals surface area contributed by atoms with Crippen LogP contribution in [-0.4, -0.2) is 18.2 Å². The van der Waals surface area contributed by atoms with E-state index in [1.807, 2.05) is 6.92 Å². The number of hydrogen-bond acceptors (Lipinski definition) is 2. The van der Waals surface area contributed by atoms with Crippen LogP contribution in [0, 0.1) is 0 Å². The molecule has 12 heavy (non-hydrogen) atoms. The van der Waals surface area contributed by atoms with E-state index < -0.39 is 12.1 Å². The van der Waals surface area contributed by atoms with Gasteiger partial charge in [-0.1, -0.05) is 6.92 Å². The summed E-state index contributed by atoms with van der Waals surface area (Å²) in [6, 6.07) is 3.60. The minimum atomic E-state index is -0.553. The van der Waals surface area contributed by atoms with Crippen LogP contribution in [0.2, 0.25) is 0 Å². The molecule has 66 valence electrons. The second-order valence-electron chi connectivity index (χ2n) is 3.13. The van der Waals surface area contributed by atoms with E-state index in [2.05, 4.69) is 4.98 Å². The zero-order valence-corrected chi connectivity index (χ0v) is 7.13. The van der Waals surface area contributed by atoms with Crippen LogP contribution in [0.15, 0.2) is 24.5 Å². The van der Waals surface area contributed by atoms with Gasteiger partial charge in [0.15, 0.2) is 0 Å². The van der Waals surface area contributed by atoms with Gasteiger partial charge >= 0.3 is 0 Å². The number of aromatic nitrogens is 1. The Bertz CT molecular complexity index is 232. The number of nitrogens with zero attached hydrogens (tertiary/aromatic N) is 1. The first-order chi connectivity index (χ1) is 5.73. The van der Waals surface area contributed by atoms with Gasteiger partial charge in [0.25, 0.3) is 0 Å². The molecule has 0 saturated carbocycles. The molecule has 0 radical (unpaired) electrons. The summed E-state index contributed by atoms with van der Waals surface area (Å²) < 4.78 is 12.6. The van der Waals surface area contributed by atoms with Crippen molar-refractivity contribution in [2.24, 2.45) is 5.73 Å². The zero-order valence-electron chi connectivity index (χ0n) is 7.13. The van der Waals surface area contributed by atoms with Gasteiger partial charge in [-0.05, 0) is 17.7 Å². The molecular weight excluding hydrogens is 155 g/mol. The molecule has 1 atom stereocenters. The molecule has 2 nitrogen and oxygen atoms in total. The first-order valence-electron chi connectivity index (χ1n) is 3.89. The Morgan fingerprint density at radius 1 is 1.50 bits per heavy atom. The standard InChI is InChI=1S/C9H13FN2/c1-9(6-10,7-11)8-2-4-12-5-3-8/h2-5H,6-7,11H2,1H3. The number of nitrogens with two attached hydrogens (primary N) is 1. The lowest BCUT2D eigenvalue weighted by Gasteiger charge is -2.24. The Hall–Kier alpha value is -0.960. The highest BCUT2D eigenvalue weighted by molar-refractivity contribution is 5.22. The highest BCUT2D eigenvalue weighted by Crippen LogP contribution is 2.21. The summed E-state index contributed by atoms with van der Waals surface area (Å²) in [7, 11) is 0. The van der Waals surface area contributed by atoms with Crippen LogP contribution in [0.4, 0.5) is 4.39 Å². The van der Waals surface area contributed by atoms with Crippen LogP contribution in [0.3, 0.4) is 0 Å². The fourth-order valence-corrected chi connectivity index (χ4v) is 1.00. The van der Waals surface area contributed by atoms with Crippen LogP contribution in [0.5, 0.6) is 0 Å². The van der Waals surface area contributed by atoms with Crippen molar-refractivity contribution >= 4 is 0 Å². The van der Waals surface area contributed by atoms with Crippen molar-refractivity contribution in [1.82, 2.24) is 4.98 Å². The average molecular weight is 168 g/mol. The van der Waals surface area contributed by atoms with Crippen LogP contribution < -0.4 is 5.73 Å². The van der Waals surface area contributed by atoms with Crippen molar-refractivity contribution in [3.63, 3.8) is 0 Å². The van der Waals surface area contributed by atoms with E-state index in [0.29, 0.717) is 6.54 Å². The second kappa shape index (κ2) is 3.63. The molecule has 1 aromatic heterocycles. The van der Waals surface area contributed by atoms with Crippen molar-refractivity contribution in [2.45, 2.75) is 12.3 Å². The van der Waals surface area contributed by atoms with Gasteiger partial charge in [-0.3, -0.25) is 9.37 Å². The van der Waals surface area contributed by atoms with E-state index in [4.69, 9.17) is 5.73 Å². The SMILES string of the molecule is CC(CN)(CF)c1ccncc1. The number of alkyl halides is 1. The lowest BCUT2D eigenvalue weighted by Crippen LogP contribution is -2.33. The summed E-state index contributed by atoms with van der Waals surface area (Å²) >= 11 is 0. The molecule has 0 fully saturated rings. The Balaban J connectivity index is 2.95. The van der Waals surface area contributed by atoms with E-state index in [9.17, 15) is 4.39 Å². The molecule has 3 heteroatoms. The van der Waals surface area contributed by atoms with Crippen LogP contribution in [0.25, 0.3) is 0 Å². The van der Waals surface area contributed by atoms with E-state index in [1.165, 1.54) is 0 Å². The molecule has 0 aliphatic carbocycles. The first kappa shape index (κ1) is 9.13. The summed E-state index contributed by atoms with van der Waals surface area (Å²) in [4.78, 5) is 3.86. The van der Waals surface area contributed by atoms with Crippen LogP contribution in [-0.2, 0) is 5.41 Å². The summed E-state index contributed by atoms with van der Waals surface area (Å²) in [6.07, 6.45) is 3.30. The molecular formula is C9H13FN2. The molecule has 0 aliphatic heterocycles. The largest absolute Gasteiger partial charge is 0.329 e. The molecule has 1 heterocycles. The Kier molecular flexibility index (Phi) is 2.76. The molecule has 2 N–H and O–H groups in total. The van der Waals surface area contributed by atoms with Gasteiger partial charge in [-0.15, -0.1) is 0 Å². The quantitative estimate of drug-likeness (QED) is 0.738. The van der Waals surface area contributed by atoms with Gasteiger partial charge in [0, 0.05) is 24.4 Å². The molecule has 0 aromatic carbocycles. The van der Waals surface area contributed by atoms with E-state index >= 15 is 0 Å². The summed E-state index contributed by atoms with van der Waals surface area (Å²) in [5, 5.41) is 0. The van der Waals surface area contributed by atoms with Gasteiger partial charge < -0.3 is 5.73 Å². The summed E-state index contributed by atoms with van der Waals surface area (Å²) in [6.45, 7) is 1.68. The van der Waals surface area contributed by atoms with E-state index in [1.54, 1.807) is 24.5 Å². The van der Waals surface area contributed by atoms with Gasteiger partial charge in [0.1, 0.15) is 0 Å². The predicted molar refractivity (Wildman–Crippen MR) is 46.6 cm³/mol. The van der Waals surface area contributed by atoms with Crippen molar-refractivity contribution in [3.05, 3.63) is 30.1 Å². The van der Waals surface area contributed by atoms with E-state index in [-0.39, 0.29) is 0 Å². The lowest BCUT2D eigenvalue weighted by atomic mass is 9.85. The molecule has 0 bridgehead atoms. The lowest BCUT2D eigenvalue weighted by molar-refractivity contribution is 0.334. The third kappa shape index (κ3) is 1.61. The summed E-state index contributed by atoms with van der Waals surface area (Å²) in [5.41, 5.74) is 5.84. The van der Waals surface area contributed by atoms with E-state index in [0.717, 1.165) is 5.56 Å². The molecule has 0 amide bonds. The third-order valence-corrected chi connectivity index (χ3v) is 2.12. The topological polar surface area (TPSA) is 38.9 Å². The van der Waals surface area contributed by atoms with Crippen molar-refractivity contribution in [2.75, 3.05) is 13.2 Å². The minimum Gasteiger partial charge on any atom is -0.329 e. The van der Waals surface area contributed by atoms with Crippen LogP contribution in [0.1, 0.15) is 12.5 Å². The number of halogens is 1. The van der Waals surface area contributed by atoms with Gasteiger partial charge in [0.2, 0.25) is 0 Å². The fraction of sp³-hybridized carbons (Fsp3) is 0.444. The van der Waals surface area contributed by atoms with Crippen molar-refractivity contribution in [3.8, 4) is 0 Å². The Morgan fingerprint density at radius 3 is 2.50 bits per heavy atom. The second-order valence-corrected chi connectivity index (χ2v) is 3.13. The fourth-order valence-electron chi connectivity index (χ4n) is 1.00. The van der Waals surface area contributed by atoms with Gasteiger partial charge in [0.05, 0.1) is 6.67 Å². The minimum absolute atomic E-state index is 0.313. The molecule has 1 aromatic rings. The third-order valence-electron chi connectivity index (χ3n) is 2.12. The number of pyridine rings is 1. The molecule has 0 spiro atoms. The van der Waals surface area contributed by atoms with Crippen molar-refractivity contribution in [1.29, 1.82) is 0 Å². The first-order valence-corrected chi connectivity index (χ1v) is 3.89. The zero-order chi connectivity index (χ0) is 9.03. The normalized spacial score (nSPS) is 15.6. The number of hydrogen-bond donors (Lipinski definition) is 1. The summed E-state index contributed by atoms with van der Waals surface area (Å²) in [5.74, 6) is 0. The van der Waals surface area contributed by atoms with Gasteiger partial charge in [-0.2, -0.15) is 0 Å². The van der Waals surface area contributed by atoms with Crippen molar-refractivity contribution < 1.29 is 4.39 Å². The maximum atomic E-state index is 12.6. The highest BCUT2D eigenvalue weighted by Gasteiger charge is 2.24. The molecule has 1 rings (SSSR count). The van der Waals surface area contributed by atoms with Crippen LogP contribution >= 0.6 is 0 Å². The Morgan fingerprint density at radius 2 is 2.08 bits per heavy atom. The smallest absolute Gasteiger partial charge is 0.1000 e. The number of rotatable bonds is 3. The van der Waals surface area contributed by atoms with Gasteiger partial charge in [-0.25, -0.2) is 0 Å². The predicted octanol–water partition coefficient (Wildman–Crippen LogP) is 1.27. The monoisotopic (exact) mass is 168 g/mol. The molecule has 1 unspecified atom stereocenters. The average Bonchev–Trinajstić information content (AvgIpc) is 2.18. The molecule has 0 saturated heterocycles. The maximum absolute atomic E-state index is 12.6. The highest BCUT2D eigenvalue weighted by atomic mass is 19.1. The molecule has 0 aliphatic rings. The maximum Gasteiger partial charge on any atom is 0.1000 e. The Labute approximate surface area is 71.6 Å².